The summed E-state index contributed by atoms with van der Waals surface area (Å²) in [6.07, 6.45) is 6.09. The third-order valence-electron chi connectivity index (χ3n) is 7.99. The fraction of sp³-hybridized carbons (Fsp3) is 0.500. The molecule has 2 aliphatic heterocycles. The Morgan fingerprint density at radius 3 is 2.72 bits per heavy atom. The molecule has 3 aromatic rings. The van der Waals surface area contributed by atoms with Gasteiger partial charge in [0.2, 0.25) is 0 Å². The van der Waals surface area contributed by atoms with Crippen LogP contribution in [-0.4, -0.2) is 41.4 Å². The highest BCUT2D eigenvalue weighted by Crippen LogP contribution is 2.46. The van der Waals surface area contributed by atoms with Crippen molar-refractivity contribution in [1.82, 2.24) is 20.5 Å². The lowest BCUT2D eigenvalue weighted by Crippen LogP contribution is -2.54. The van der Waals surface area contributed by atoms with Crippen LogP contribution in [0.25, 0.3) is 22.0 Å². The fourth-order valence-corrected chi connectivity index (χ4v) is 6.03. The van der Waals surface area contributed by atoms with Gasteiger partial charge in [0, 0.05) is 48.2 Å². The summed E-state index contributed by atoms with van der Waals surface area (Å²) >= 11 is 0. The molecule has 1 aromatic carbocycles. The molecule has 6 rings (SSSR count). The third-order valence-corrected chi connectivity index (χ3v) is 7.99. The molecular weight excluding hydrogens is 396 g/mol. The van der Waals surface area contributed by atoms with Gasteiger partial charge in [0.25, 0.3) is 0 Å². The van der Waals surface area contributed by atoms with Crippen LogP contribution in [0.4, 0.5) is 5.82 Å². The van der Waals surface area contributed by atoms with Crippen LogP contribution in [0.5, 0.6) is 0 Å². The number of rotatable bonds is 2. The zero-order valence-corrected chi connectivity index (χ0v) is 19.2. The molecule has 0 atom stereocenters. The molecule has 2 aromatic heterocycles. The third kappa shape index (κ3) is 2.87. The minimum Gasteiger partial charge on any atom is -0.355 e. The van der Waals surface area contributed by atoms with Crippen molar-refractivity contribution in [3.63, 3.8) is 0 Å². The Kier molecular flexibility index (Phi) is 4.19. The number of fused-ring (bicyclic) bond motifs is 2. The molecule has 0 saturated carbocycles. The Morgan fingerprint density at radius 2 is 2.00 bits per heavy atom. The molecule has 2 fully saturated rings. The standard InChI is InChI=1S/C26H30N6/c1-16-4-5-20-19(12-29-31-20)22(16)23-17-6-7-25(2,3)10-21(17)30-24(18(23)11-27)32-9-8-26(15-32)13-28-14-26/h4-5,12,28H,6-10,13-15H2,1-3H3,(H,29,31). The Labute approximate surface area is 189 Å². The summed E-state index contributed by atoms with van der Waals surface area (Å²) in [5.41, 5.74) is 8.20. The van der Waals surface area contributed by atoms with Gasteiger partial charge < -0.3 is 10.2 Å². The van der Waals surface area contributed by atoms with E-state index in [1.807, 2.05) is 6.20 Å². The number of H-pyrrole nitrogens is 1. The Hall–Kier alpha value is -2.91. The Balaban J connectivity index is 1.62. The van der Waals surface area contributed by atoms with Crippen molar-refractivity contribution >= 4 is 16.7 Å². The highest BCUT2D eigenvalue weighted by molar-refractivity contribution is 5.99. The van der Waals surface area contributed by atoms with Gasteiger partial charge in [-0.25, -0.2) is 4.98 Å². The number of aromatic nitrogens is 3. The van der Waals surface area contributed by atoms with Crippen LogP contribution in [0.2, 0.25) is 0 Å². The zero-order valence-electron chi connectivity index (χ0n) is 19.2. The summed E-state index contributed by atoms with van der Waals surface area (Å²) in [5.74, 6) is 0.891. The summed E-state index contributed by atoms with van der Waals surface area (Å²) in [6.45, 7) is 10.9. The van der Waals surface area contributed by atoms with Crippen molar-refractivity contribution < 1.29 is 0 Å². The van der Waals surface area contributed by atoms with E-state index in [0.717, 1.165) is 78.9 Å². The van der Waals surface area contributed by atoms with Crippen molar-refractivity contribution in [3.05, 3.63) is 40.7 Å². The Morgan fingerprint density at radius 1 is 1.16 bits per heavy atom. The van der Waals surface area contributed by atoms with Crippen molar-refractivity contribution in [3.8, 4) is 17.2 Å². The lowest BCUT2D eigenvalue weighted by molar-refractivity contribution is 0.199. The Bertz CT molecular complexity index is 1270. The van der Waals surface area contributed by atoms with Crippen LogP contribution in [0.1, 0.15) is 49.1 Å². The first-order chi connectivity index (χ1) is 15.4. The molecule has 3 aliphatic rings. The number of anilines is 1. The largest absolute Gasteiger partial charge is 0.355 e. The van der Waals surface area contributed by atoms with E-state index in [0.29, 0.717) is 5.41 Å². The average Bonchev–Trinajstić information content (AvgIpc) is 3.39. The second-order valence-corrected chi connectivity index (χ2v) is 10.9. The van der Waals surface area contributed by atoms with E-state index in [4.69, 9.17) is 4.98 Å². The van der Waals surface area contributed by atoms with Crippen LogP contribution in [0.3, 0.4) is 0 Å². The topological polar surface area (TPSA) is 80.6 Å². The molecular formula is C26H30N6. The van der Waals surface area contributed by atoms with Gasteiger partial charge in [0.05, 0.1) is 11.7 Å². The number of benzene rings is 1. The van der Waals surface area contributed by atoms with Crippen LogP contribution in [0, 0.1) is 29.1 Å². The highest BCUT2D eigenvalue weighted by Gasteiger charge is 2.44. The predicted molar refractivity (Wildman–Crippen MR) is 127 cm³/mol. The first-order valence-corrected chi connectivity index (χ1v) is 11.7. The molecule has 0 amide bonds. The summed E-state index contributed by atoms with van der Waals surface area (Å²) < 4.78 is 0. The quantitative estimate of drug-likeness (QED) is 0.644. The lowest BCUT2D eigenvalue weighted by Gasteiger charge is -2.39. The first kappa shape index (κ1) is 19.8. The number of pyridine rings is 1. The van der Waals surface area contributed by atoms with Crippen LogP contribution in [-0.2, 0) is 12.8 Å². The van der Waals surface area contributed by atoms with Gasteiger partial charge in [-0.2, -0.15) is 10.4 Å². The van der Waals surface area contributed by atoms with Gasteiger partial charge >= 0.3 is 0 Å². The predicted octanol–water partition coefficient (Wildman–Crippen LogP) is 4.12. The average molecular weight is 427 g/mol. The maximum Gasteiger partial charge on any atom is 0.147 e. The molecule has 0 bridgehead atoms. The zero-order chi connectivity index (χ0) is 22.1. The monoisotopic (exact) mass is 426 g/mol. The number of aryl methyl sites for hydroxylation is 1. The van der Waals surface area contributed by atoms with E-state index in [1.54, 1.807) is 0 Å². The summed E-state index contributed by atoms with van der Waals surface area (Å²) in [5, 5.41) is 22.5. The van der Waals surface area contributed by atoms with E-state index < -0.39 is 0 Å². The SMILES string of the molecule is Cc1ccc2[nH]ncc2c1-c1c(C#N)c(N2CCC3(CNC3)C2)nc2c1CCC(C)(C)C2. The molecule has 4 heterocycles. The summed E-state index contributed by atoms with van der Waals surface area (Å²) in [4.78, 5) is 7.61. The molecule has 0 unspecified atom stereocenters. The summed E-state index contributed by atoms with van der Waals surface area (Å²) in [6, 6.07) is 6.83. The van der Waals surface area contributed by atoms with Crippen molar-refractivity contribution in [2.45, 2.75) is 46.5 Å². The number of nitriles is 1. The lowest BCUT2D eigenvalue weighted by atomic mass is 9.73. The van der Waals surface area contributed by atoms with Crippen molar-refractivity contribution in [1.29, 1.82) is 5.26 Å². The number of hydrogen-bond acceptors (Lipinski definition) is 5. The van der Waals surface area contributed by atoms with Gasteiger partial charge in [0.1, 0.15) is 17.5 Å². The van der Waals surface area contributed by atoms with Crippen LogP contribution >= 0.6 is 0 Å². The van der Waals surface area contributed by atoms with Gasteiger partial charge in [-0.15, -0.1) is 0 Å². The van der Waals surface area contributed by atoms with Crippen molar-refractivity contribution in [2.75, 3.05) is 31.1 Å². The molecule has 2 saturated heterocycles. The first-order valence-electron chi connectivity index (χ1n) is 11.7. The molecule has 6 nitrogen and oxygen atoms in total. The maximum atomic E-state index is 10.5. The maximum absolute atomic E-state index is 10.5. The second kappa shape index (κ2) is 6.79. The molecule has 32 heavy (non-hydrogen) atoms. The minimum atomic E-state index is 0.226. The highest BCUT2D eigenvalue weighted by atomic mass is 15.2. The van der Waals surface area contributed by atoms with Crippen LogP contribution in [0.15, 0.2) is 18.3 Å². The molecule has 6 heteroatoms. The molecule has 2 N–H and O–H groups in total. The van der Waals surface area contributed by atoms with Gasteiger partial charge in [-0.1, -0.05) is 19.9 Å². The van der Waals surface area contributed by atoms with Crippen LogP contribution < -0.4 is 10.2 Å². The molecule has 164 valence electrons. The van der Waals surface area contributed by atoms with Gasteiger partial charge in [0.15, 0.2) is 0 Å². The number of hydrogen-bond donors (Lipinski definition) is 2. The van der Waals surface area contributed by atoms with E-state index in [2.05, 4.69) is 59.4 Å². The minimum absolute atomic E-state index is 0.226. The van der Waals surface area contributed by atoms with Gasteiger partial charge in [-0.05, 0) is 60.8 Å². The number of nitrogens with one attached hydrogen (secondary N) is 2. The number of nitrogens with zero attached hydrogens (tertiary/aromatic N) is 4. The number of aromatic amines is 1. The molecule has 1 spiro atoms. The van der Waals surface area contributed by atoms with E-state index in [9.17, 15) is 5.26 Å². The van der Waals surface area contributed by atoms with E-state index in [-0.39, 0.29) is 5.41 Å². The van der Waals surface area contributed by atoms with Gasteiger partial charge in [-0.3, -0.25) is 5.10 Å². The van der Waals surface area contributed by atoms with Crippen molar-refractivity contribution in [2.24, 2.45) is 10.8 Å². The molecule has 1 aliphatic carbocycles. The fourth-order valence-electron chi connectivity index (χ4n) is 6.03. The smallest absolute Gasteiger partial charge is 0.147 e. The normalized spacial score (nSPS) is 20.9. The van der Waals surface area contributed by atoms with E-state index >= 15 is 0 Å². The van der Waals surface area contributed by atoms with E-state index in [1.165, 1.54) is 23.2 Å². The summed E-state index contributed by atoms with van der Waals surface area (Å²) in [7, 11) is 0. The second-order valence-electron chi connectivity index (χ2n) is 10.9. The molecule has 0 radical (unpaired) electrons.